The van der Waals surface area contributed by atoms with E-state index in [0.29, 0.717) is 56.4 Å². The number of piperazine rings is 1. The zero-order valence-electron chi connectivity index (χ0n) is 18.4. The van der Waals surface area contributed by atoms with Crippen LogP contribution in [0.5, 0.6) is 0 Å². The van der Waals surface area contributed by atoms with E-state index in [0.717, 1.165) is 15.2 Å². The Morgan fingerprint density at radius 1 is 1.03 bits per heavy atom. The Balaban J connectivity index is 1.41. The molecule has 4 nitrogen and oxygen atoms in total. The van der Waals surface area contributed by atoms with Gasteiger partial charge in [0.2, 0.25) is 0 Å². The van der Waals surface area contributed by atoms with Crippen LogP contribution in [0.4, 0.5) is 5.69 Å². The number of carbonyl (C=O) groups is 1. The van der Waals surface area contributed by atoms with Crippen LogP contribution in [0.25, 0.3) is 0 Å². The fourth-order valence-electron chi connectivity index (χ4n) is 4.48. The second-order valence-electron chi connectivity index (χ2n) is 8.58. The minimum absolute atomic E-state index is 0.00947. The van der Waals surface area contributed by atoms with Crippen LogP contribution in [-0.2, 0) is 11.2 Å². The van der Waals surface area contributed by atoms with Gasteiger partial charge in [-0.2, -0.15) is 5.26 Å². The number of amides is 1. The summed E-state index contributed by atoms with van der Waals surface area (Å²) in [5.41, 5.74) is 4.98. The summed E-state index contributed by atoms with van der Waals surface area (Å²) in [5.74, 6) is 0.0706. The molecule has 0 radical (unpaired) electrons. The molecule has 3 aromatic rings. The fraction of sp³-hybridized carbons (Fsp3) is 0.259. The first-order valence-corrected chi connectivity index (χ1v) is 14.7. The SMILES string of the molecule is N#Cc1cccc(CC(=O)N2CCN(c3ccc(Cl)cc3Cl)C(c3ccc(C4C[I-]4)cc3)C2)c1. The van der Waals surface area contributed by atoms with Crippen molar-refractivity contribution in [1.29, 1.82) is 5.26 Å². The molecule has 3 aromatic carbocycles. The normalized spacial score (nSPS) is 19.8. The van der Waals surface area contributed by atoms with Gasteiger partial charge in [0, 0.05) is 0 Å². The molecule has 1 amide bonds. The molecule has 2 atom stereocenters. The van der Waals surface area contributed by atoms with E-state index in [-0.39, 0.29) is 18.4 Å². The summed E-state index contributed by atoms with van der Waals surface area (Å²) in [6, 6.07) is 23.9. The summed E-state index contributed by atoms with van der Waals surface area (Å²) in [4.78, 5) is 17.5. The predicted octanol–water partition coefficient (Wildman–Crippen LogP) is 2.64. The summed E-state index contributed by atoms with van der Waals surface area (Å²) < 4.78 is 2.19. The average Bonchev–Trinajstić information content (AvgIpc) is 3.70. The van der Waals surface area contributed by atoms with Gasteiger partial charge in [-0.15, -0.1) is 0 Å². The molecule has 2 saturated heterocycles. The van der Waals surface area contributed by atoms with Crippen molar-refractivity contribution in [3.63, 3.8) is 0 Å². The van der Waals surface area contributed by atoms with Crippen LogP contribution < -0.4 is 26.1 Å². The monoisotopic (exact) mass is 602 g/mol. The zero-order valence-corrected chi connectivity index (χ0v) is 22.1. The third-order valence-electron chi connectivity index (χ3n) is 6.36. The molecular weight excluding hydrogens is 580 g/mol. The van der Waals surface area contributed by atoms with Gasteiger partial charge in [0.1, 0.15) is 0 Å². The van der Waals surface area contributed by atoms with E-state index < -0.39 is 0 Å². The Bertz CT molecular complexity index is 1250. The molecule has 0 saturated carbocycles. The molecule has 2 aliphatic heterocycles. The standard InChI is InChI=1S/C27H23Cl2IN3O/c28-22-8-9-25(23(29)14-22)33-11-10-32(27(34)13-18-2-1-3-19(12-18)16-31)17-26(33)21-6-4-20(5-7-21)24-15-30-24/h1-9,12,14,24,26H,10-11,13,15,17H2/q-1. The van der Waals surface area contributed by atoms with Crippen LogP contribution in [0.15, 0.2) is 66.7 Å². The van der Waals surface area contributed by atoms with Crippen LogP contribution in [0.3, 0.4) is 0 Å². The second kappa shape index (κ2) is 10.2. The third kappa shape index (κ3) is 5.19. The van der Waals surface area contributed by atoms with Gasteiger partial charge in [-0.05, 0) is 6.07 Å². The number of carbonyl (C=O) groups excluding carboxylic acids is 1. The number of nitriles is 1. The van der Waals surface area contributed by atoms with Crippen LogP contribution >= 0.6 is 23.2 Å². The van der Waals surface area contributed by atoms with E-state index in [9.17, 15) is 10.1 Å². The number of halogens is 3. The average molecular weight is 603 g/mol. The molecule has 0 N–H and O–H groups in total. The molecule has 0 aliphatic carbocycles. The van der Waals surface area contributed by atoms with Crippen molar-refractivity contribution in [2.24, 2.45) is 0 Å². The van der Waals surface area contributed by atoms with Gasteiger partial charge in [-0.3, -0.25) is 0 Å². The number of alkyl halides is 2. The Morgan fingerprint density at radius 3 is 2.50 bits per heavy atom. The molecule has 2 heterocycles. The van der Waals surface area contributed by atoms with E-state index in [2.05, 4.69) is 35.2 Å². The maximum atomic E-state index is 13.2. The number of anilines is 1. The van der Waals surface area contributed by atoms with Crippen LogP contribution in [0, 0.1) is 11.3 Å². The second-order valence-corrected chi connectivity index (χ2v) is 12.7. The molecule has 2 aliphatic rings. The Morgan fingerprint density at radius 2 is 1.79 bits per heavy atom. The van der Waals surface area contributed by atoms with Crippen LogP contribution in [0.1, 0.15) is 32.2 Å². The van der Waals surface area contributed by atoms with Crippen LogP contribution in [-0.4, -0.2) is 34.9 Å². The van der Waals surface area contributed by atoms with Crippen molar-refractivity contribution in [2.45, 2.75) is 16.4 Å². The molecule has 5 rings (SSSR count). The van der Waals surface area contributed by atoms with E-state index in [1.54, 1.807) is 18.2 Å². The van der Waals surface area contributed by atoms with Crippen LogP contribution in [0.2, 0.25) is 10.0 Å². The molecule has 0 bridgehead atoms. The zero-order chi connectivity index (χ0) is 23.7. The first-order chi connectivity index (χ1) is 16.5. The number of nitrogens with zero attached hydrogens (tertiary/aromatic N) is 3. The topological polar surface area (TPSA) is 47.3 Å². The predicted molar refractivity (Wildman–Crippen MR) is 132 cm³/mol. The van der Waals surface area contributed by atoms with Gasteiger partial charge < -0.3 is 0 Å². The Hall–Kier alpha value is -2.27. The van der Waals surface area contributed by atoms with Gasteiger partial charge in [-0.1, -0.05) is 6.07 Å². The maximum absolute atomic E-state index is 13.2. The first kappa shape index (κ1) is 23.5. The number of benzene rings is 3. The molecule has 0 aromatic heterocycles. The van der Waals surface area contributed by atoms with Crippen molar-refractivity contribution in [3.8, 4) is 6.07 Å². The third-order valence-corrected chi connectivity index (χ3v) is 9.37. The molecule has 34 heavy (non-hydrogen) atoms. The number of hydrogen-bond donors (Lipinski definition) is 0. The van der Waals surface area contributed by atoms with E-state index >= 15 is 0 Å². The quantitative estimate of drug-likeness (QED) is 0.333. The van der Waals surface area contributed by atoms with Crippen molar-refractivity contribution in [3.05, 3.63) is 99.0 Å². The summed E-state index contributed by atoms with van der Waals surface area (Å²) in [6.45, 7) is 1.86. The van der Waals surface area contributed by atoms with Gasteiger partial charge >= 0.3 is 192 Å². The van der Waals surface area contributed by atoms with Crippen molar-refractivity contribution in [1.82, 2.24) is 4.90 Å². The molecule has 2 fully saturated rings. The molecule has 7 heteroatoms. The molecule has 174 valence electrons. The summed E-state index contributed by atoms with van der Waals surface area (Å²) in [5, 5.41) is 10.4. The van der Waals surface area contributed by atoms with Crippen molar-refractivity contribution >= 4 is 34.8 Å². The molecule has 2 unspecified atom stereocenters. The van der Waals surface area contributed by atoms with Crippen molar-refractivity contribution in [2.75, 3.05) is 29.0 Å². The Labute approximate surface area is 220 Å². The molecular formula is C27H23Cl2IN3O-. The van der Waals surface area contributed by atoms with Gasteiger partial charge in [0.05, 0.1) is 11.6 Å². The van der Waals surface area contributed by atoms with Gasteiger partial charge in [0.15, 0.2) is 0 Å². The van der Waals surface area contributed by atoms with Gasteiger partial charge in [0.25, 0.3) is 0 Å². The summed E-state index contributed by atoms with van der Waals surface area (Å²) in [6.07, 6.45) is 0.286. The number of rotatable bonds is 5. The first-order valence-electron chi connectivity index (χ1n) is 11.2. The summed E-state index contributed by atoms with van der Waals surface area (Å²) in [7, 11) is 0. The van der Waals surface area contributed by atoms with E-state index in [1.807, 2.05) is 29.2 Å². The van der Waals surface area contributed by atoms with E-state index in [4.69, 9.17) is 23.2 Å². The minimum atomic E-state index is -0.00947. The fourth-order valence-corrected chi connectivity index (χ4v) is 6.69. The van der Waals surface area contributed by atoms with Gasteiger partial charge in [-0.25, -0.2) is 0 Å². The molecule has 0 spiro atoms. The van der Waals surface area contributed by atoms with Crippen molar-refractivity contribution < 1.29 is 26.0 Å². The number of hydrogen-bond acceptors (Lipinski definition) is 3. The summed E-state index contributed by atoms with van der Waals surface area (Å²) >= 11 is 13.1. The van der Waals surface area contributed by atoms with E-state index in [1.165, 1.54) is 15.6 Å². The Kier molecular flexibility index (Phi) is 7.01.